The highest BCUT2D eigenvalue weighted by molar-refractivity contribution is 5.91. The fourth-order valence-electron chi connectivity index (χ4n) is 3.49. The Labute approximate surface area is 151 Å². The third-order valence-corrected chi connectivity index (χ3v) is 4.94. The molecule has 1 aliphatic rings. The average Bonchev–Trinajstić information content (AvgIpc) is 2.62. The summed E-state index contributed by atoms with van der Waals surface area (Å²) in [4.78, 5) is 12.5. The van der Waals surface area contributed by atoms with Gasteiger partial charge in [0.05, 0.1) is 19.8 Å². The van der Waals surface area contributed by atoms with E-state index in [1.165, 1.54) is 19.3 Å². The minimum atomic E-state index is -0.0116. The van der Waals surface area contributed by atoms with E-state index < -0.39 is 0 Å². The van der Waals surface area contributed by atoms with Crippen LogP contribution in [0.5, 0.6) is 0 Å². The number of carbonyl (C=O) groups is 1. The Hall–Kier alpha value is -1.43. The summed E-state index contributed by atoms with van der Waals surface area (Å²) in [5, 5.41) is 3.02. The predicted octanol–water partition coefficient (Wildman–Crippen LogP) is 3.48. The summed E-state index contributed by atoms with van der Waals surface area (Å²) < 4.78 is 10.8. The standard InChI is InChI=1S/C20H32N2O3/c1-2-24-11-12-25-15-17-7-6-8-18(13-17)22-19(23)14-20(16-21)9-4-3-5-10-20/h6-8,13H,2-5,9-12,14-16,21H2,1H3,(H,22,23). The van der Waals surface area contributed by atoms with Crippen molar-refractivity contribution in [1.82, 2.24) is 0 Å². The number of rotatable bonds is 10. The van der Waals surface area contributed by atoms with Crippen molar-refractivity contribution < 1.29 is 14.3 Å². The normalized spacial score (nSPS) is 16.6. The first-order valence-electron chi connectivity index (χ1n) is 9.42. The molecule has 0 unspecified atom stereocenters. The monoisotopic (exact) mass is 348 g/mol. The van der Waals surface area contributed by atoms with Gasteiger partial charge in [0, 0.05) is 18.7 Å². The Bertz CT molecular complexity index is 527. The van der Waals surface area contributed by atoms with Gasteiger partial charge in [0.25, 0.3) is 0 Å². The van der Waals surface area contributed by atoms with E-state index in [0.717, 1.165) is 24.1 Å². The van der Waals surface area contributed by atoms with E-state index in [4.69, 9.17) is 15.2 Å². The largest absolute Gasteiger partial charge is 0.379 e. The van der Waals surface area contributed by atoms with E-state index >= 15 is 0 Å². The quantitative estimate of drug-likeness (QED) is 0.635. The summed E-state index contributed by atoms with van der Waals surface area (Å²) >= 11 is 0. The van der Waals surface area contributed by atoms with E-state index in [1.807, 2.05) is 31.2 Å². The first-order valence-corrected chi connectivity index (χ1v) is 9.42. The highest BCUT2D eigenvalue weighted by atomic mass is 16.5. The Morgan fingerprint density at radius 3 is 2.68 bits per heavy atom. The molecule has 0 saturated heterocycles. The van der Waals surface area contributed by atoms with E-state index in [2.05, 4.69) is 5.32 Å². The number of benzene rings is 1. The van der Waals surface area contributed by atoms with Gasteiger partial charge < -0.3 is 20.5 Å². The van der Waals surface area contributed by atoms with Crippen molar-refractivity contribution in [2.45, 2.75) is 52.1 Å². The molecule has 2 rings (SSSR count). The lowest BCUT2D eigenvalue weighted by Crippen LogP contribution is -2.36. The van der Waals surface area contributed by atoms with Crippen molar-refractivity contribution in [1.29, 1.82) is 0 Å². The van der Waals surface area contributed by atoms with Crippen LogP contribution in [0.25, 0.3) is 0 Å². The van der Waals surface area contributed by atoms with Gasteiger partial charge in [-0.25, -0.2) is 0 Å². The van der Waals surface area contributed by atoms with Crippen molar-refractivity contribution in [3.63, 3.8) is 0 Å². The molecule has 5 heteroatoms. The molecule has 1 aromatic carbocycles. The van der Waals surface area contributed by atoms with E-state index in [9.17, 15) is 4.79 Å². The van der Waals surface area contributed by atoms with E-state index in [1.54, 1.807) is 0 Å². The first kappa shape index (κ1) is 19.9. The van der Waals surface area contributed by atoms with Gasteiger partial charge in [0.1, 0.15) is 0 Å². The highest BCUT2D eigenvalue weighted by Crippen LogP contribution is 2.38. The third kappa shape index (κ3) is 6.77. The molecule has 1 amide bonds. The van der Waals surface area contributed by atoms with Gasteiger partial charge in [-0.15, -0.1) is 0 Å². The van der Waals surface area contributed by atoms with Crippen molar-refractivity contribution in [3.8, 4) is 0 Å². The summed E-state index contributed by atoms with van der Waals surface area (Å²) in [5.41, 5.74) is 7.84. The summed E-state index contributed by atoms with van der Waals surface area (Å²) in [6.07, 6.45) is 6.25. The van der Waals surface area contributed by atoms with E-state index in [-0.39, 0.29) is 11.3 Å². The second kappa shape index (κ2) is 10.5. The zero-order chi connectivity index (χ0) is 18.0. The lowest BCUT2D eigenvalue weighted by atomic mass is 9.71. The zero-order valence-corrected chi connectivity index (χ0v) is 15.4. The summed E-state index contributed by atoms with van der Waals surface area (Å²) in [7, 11) is 0. The number of carbonyl (C=O) groups excluding carboxylic acids is 1. The summed E-state index contributed by atoms with van der Waals surface area (Å²) in [6, 6.07) is 7.82. The molecule has 1 aromatic rings. The molecule has 0 aliphatic heterocycles. The van der Waals surface area contributed by atoms with Gasteiger partial charge in [0.15, 0.2) is 0 Å². The van der Waals surface area contributed by atoms with Gasteiger partial charge in [-0.05, 0) is 49.4 Å². The number of anilines is 1. The lowest BCUT2D eigenvalue weighted by Gasteiger charge is -2.35. The molecule has 0 radical (unpaired) electrons. The Balaban J connectivity index is 1.82. The molecule has 3 N–H and O–H groups in total. The highest BCUT2D eigenvalue weighted by Gasteiger charge is 2.32. The average molecular weight is 348 g/mol. The van der Waals surface area contributed by atoms with Gasteiger partial charge >= 0.3 is 0 Å². The van der Waals surface area contributed by atoms with Crippen LogP contribution in [0.1, 0.15) is 51.0 Å². The number of hydrogen-bond acceptors (Lipinski definition) is 4. The van der Waals surface area contributed by atoms with Gasteiger partial charge in [-0.3, -0.25) is 4.79 Å². The molecule has 140 valence electrons. The second-order valence-corrected chi connectivity index (χ2v) is 6.94. The number of nitrogens with two attached hydrogens (primary N) is 1. The minimum Gasteiger partial charge on any atom is -0.379 e. The third-order valence-electron chi connectivity index (χ3n) is 4.94. The lowest BCUT2D eigenvalue weighted by molar-refractivity contribution is -0.118. The molecule has 0 heterocycles. The van der Waals surface area contributed by atoms with Crippen LogP contribution in [0.15, 0.2) is 24.3 Å². The predicted molar refractivity (Wildman–Crippen MR) is 100 cm³/mol. The maximum absolute atomic E-state index is 12.5. The Morgan fingerprint density at radius 1 is 1.20 bits per heavy atom. The Morgan fingerprint density at radius 2 is 1.96 bits per heavy atom. The number of nitrogens with one attached hydrogen (secondary N) is 1. The topological polar surface area (TPSA) is 73.6 Å². The van der Waals surface area contributed by atoms with E-state index in [0.29, 0.717) is 39.4 Å². The molecule has 1 fully saturated rings. The van der Waals surface area contributed by atoms with Crippen molar-refractivity contribution in [2.75, 3.05) is 31.7 Å². The molecule has 5 nitrogen and oxygen atoms in total. The smallest absolute Gasteiger partial charge is 0.224 e. The molecule has 0 atom stereocenters. The van der Waals surface area contributed by atoms with Crippen LogP contribution < -0.4 is 11.1 Å². The summed E-state index contributed by atoms with van der Waals surface area (Å²) in [5.74, 6) is 0.0572. The van der Waals surface area contributed by atoms with Crippen LogP contribution in [0.2, 0.25) is 0 Å². The van der Waals surface area contributed by atoms with Crippen molar-refractivity contribution in [3.05, 3.63) is 29.8 Å². The molecule has 0 aromatic heterocycles. The molecule has 0 bridgehead atoms. The zero-order valence-electron chi connectivity index (χ0n) is 15.4. The van der Waals surface area contributed by atoms with Crippen LogP contribution in [0, 0.1) is 5.41 Å². The Kier molecular flexibility index (Phi) is 8.38. The number of ether oxygens (including phenoxy) is 2. The van der Waals surface area contributed by atoms with Crippen LogP contribution >= 0.6 is 0 Å². The second-order valence-electron chi connectivity index (χ2n) is 6.94. The van der Waals surface area contributed by atoms with Crippen LogP contribution in [0.4, 0.5) is 5.69 Å². The number of hydrogen-bond donors (Lipinski definition) is 2. The molecule has 1 saturated carbocycles. The maximum Gasteiger partial charge on any atom is 0.224 e. The van der Waals surface area contributed by atoms with Crippen molar-refractivity contribution in [2.24, 2.45) is 11.1 Å². The van der Waals surface area contributed by atoms with Crippen LogP contribution in [-0.4, -0.2) is 32.3 Å². The molecule has 1 aliphatic carbocycles. The van der Waals surface area contributed by atoms with Gasteiger partial charge in [-0.1, -0.05) is 31.4 Å². The first-order chi connectivity index (χ1) is 12.2. The van der Waals surface area contributed by atoms with Crippen molar-refractivity contribution >= 4 is 11.6 Å². The summed E-state index contributed by atoms with van der Waals surface area (Å²) in [6.45, 7) is 4.96. The van der Waals surface area contributed by atoms with Gasteiger partial charge in [-0.2, -0.15) is 0 Å². The number of amides is 1. The van der Waals surface area contributed by atoms with Gasteiger partial charge in [0.2, 0.25) is 5.91 Å². The molecule has 25 heavy (non-hydrogen) atoms. The SMILES string of the molecule is CCOCCOCc1cccc(NC(=O)CC2(CN)CCCCC2)c1. The van der Waals surface area contributed by atoms with Crippen LogP contribution in [-0.2, 0) is 20.9 Å². The van der Waals surface area contributed by atoms with Crippen LogP contribution in [0.3, 0.4) is 0 Å². The fourth-order valence-corrected chi connectivity index (χ4v) is 3.49. The fraction of sp³-hybridized carbons (Fsp3) is 0.650. The molecule has 0 spiro atoms. The minimum absolute atomic E-state index is 0.0116. The molecular weight excluding hydrogens is 316 g/mol. The maximum atomic E-state index is 12.5. The molecular formula is C20H32N2O3.